The number of methoxy groups -OCH3 is 1. The molecule has 0 unspecified atom stereocenters. The van der Waals surface area contributed by atoms with Crippen molar-refractivity contribution >= 4 is 28.0 Å². The van der Waals surface area contributed by atoms with Gasteiger partial charge in [-0.15, -0.1) is 0 Å². The first-order chi connectivity index (χ1) is 17.1. The predicted molar refractivity (Wildman–Crippen MR) is 138 cm³/mol. The minimum absolute atomic E-state index is 0.370. The minimum atomic E-state index is -1.83. The summed E-state index contributed by atoms with van der Waals surface area (Å²) in [5, 5.41) is 6.56. The summed E-state index contributed by atoms with van der Waals surface area (Å²) in [6.45, 7) is 3.05. The first kappa shape index (κ1) is 24.0. The molecule has 0 aliphatic heterocycles. The van der Waals surface area contributed by atoms with Gasteiger partial charge >= 0.3 is 0 Å². The van der Waals surface area contributed by atoms with Crippen molar-refractivity contribution in [3.63, 3.8) is 0 Å². The molecule has 1 heterocycles. The van der Waals surface area contributed by atoms with Crippen molar-refractivity contribution in [1.82, 2.24) is 9.97 Å². The predicted octanol–water partition coefficient (Wildman–Crippen LogP) is 5.99. The summed E-state index contributed by atoms with van der Waals surface area (Å²) < 4.78 is 30.0. The largest absolute Gasteiger partial charge is 0.496 e. The molecule has 0 amide bonds. The van der Waals surface area contributed by atoms with Crippen LogP contribution in [-0.2, 0) is 21.3 Å². The fourth-order valence-corrected chi connectivity index (χ4v) is 3.97. The van der Waals surface area contributed by atoms with Gasteiger partial charge in [-0.2, -0.15) is 15.6 Å². The Morgan fingerprint density at radius 2 is 1.83 bits per heavy atom. The van der Waals surface area contributed by atoms with Crippen LogP contribution in [-0.4, -0.2) is 23.7 Å². The second-order valence-electron chi connectivity index (χ2n) is 7.50. The van der Waals surface area contributed by atoms with Gasteiger partial charge in [-0.25, -0.2) is 4.98 Å². The quantitative estimate of drug-likeness (QED) is 0.235. The summed E-state index contributed by atoms with van der Waals surface area (Å²) in [5.41, 5.74) is 3.41. The highest BCUT2D eigenvalue weighted by molar-refractivity contribution is 7.73. The van der Waals surface area contributed by atoms with Gasteiger partial charge in [0.2, 0.25) is 5.95 Å². The summed E-state index contributed by atoms with van der Waals surface area (Å²) >= 11 is 0. The van der Waals surface area contributed by atoms with Gasteiger partial charge in [0.15, 0.2) is 0 Å². The fourth-order valence-electron chi connectivity index (χ4n) is 3.53. The number of nitrogens with one attached hydrogen (secondary N) is 3. The van der Waals surface area contributed by atoms with Crippen molar-refractivity contribution in [1.29, 1.82) is 4.78 Å². The highest BCUT2D eigenvalue weighted by Gasteiger charge is 2.12. The lowest BCUT2D eigenvalue weighted by Crippen LogP contribution is -2.07. The van der Waals surface area contributed by atoms with Crippen molar-refractivity contribution in [2.24, 2.45) is 0 Å². The average molecular weight is 489 g/mol. The highest BCUT2D eigenvalue weighted by atomic mass is 32.2. The van der Waals surface area contributed by atoms with Gasteiger partial charge in [-0.05, 0) is 36.8 Å². The van der Waals surface area contributed by atoms with Gasteiger partial charge in [-0.1, -0.05) is 53.4 Å². The number of aromatic nitrogens is 2. The summed E-state index contributed by atoms with van der Waals surface area (Å²) in [6, 6.07) is 22.4. The topological polar surface area (TPSA) is 109 Å². The smallest absolute Gasteiger partial charge is 0.229 e. The maximum absolute atomic E-state index is 11.5. The standard InChI is InChI=1S/C26H26N5O3S/c1-3-34-21-13-11-18(12-14-21)23-17-29-26(30-20-8-6-9-22(15-20)35(27)32)31-25(23)28-16-19-7-4-5-10-24(19)33-2/h4-15,17,27H,3,16H2,1-2H3,(H2,28,29,30,31)/q-1. The summed E-state index contributed by atoms with van der Waals surface area (Å²) in [7, 11) is -0.179. The molecule has 0 bridgehead atoms. The average Bonchev–Trinajstić information content (AvgIpc) is 2.88. The zero-order chi connectivity index (χ0) is 24.6. The minimum Gasteiger partial charge on any atom is -0.496 e. The van der Waals surface area contributed by atoms with Crippen LogP contribution in [0.25, 0.3) is 11.1 Å². The molecule has 0 saturated heterocycles. The SMILES string of the molecule is CCOc1ccc(-c2cnc(Nc3cccc([S-](=N)=O)c3)nc2NCc2ccccc2OC)cc1. The Morgan fingerprint density at radius 1 is 1.03 bits per heavy atom. The maximum atomic E-state index is 11.5. The second-order valence-corrected chi connectivity index (χ2v) is 8.51. The van der Waals surface area contributed by atoms with Crippen molar-refractivity contribution in [3.05, 3.63) is 84.6 Å². The number of nitrogens with zero attached hydrogens (tertiary/aromatic N) is 2. The van der Waals surface area contributed by atoms with Gasteiger partial charge in [0.1, 0.15) is 17.3 Å². The first-order valence-corrected chi connectivity index (χ1v) is 12.2. The van der Waals surface area contributed by atoms with E-state index in [1.165, 1.54) is 0 Å². The maximum Gasteiger partial charge on any atom is 0.229 e. The normalized spacial score (nSPS) is 10.7. The molecular weight excluding hydrogens is 462 g/mol. The van der Waals surface area contributed by atoms with Gasteiger partial charge < -0.3 is 29.1 Å². The van der Waals surface area contributed by atoms with E-state index < -0.39 is 10.6 Å². The third-order valence-corrected chi connectivity index (χ3v) is 5.89. The second kappa shape index (κ2) is 11.3. The molecule has 4 aromatic rings. The van der Waals surface area contributed by atoms with Crippen molar-refractivity contribution < 1.29 is 13.7 Å². The molecule has 0 aliphatic carbocycles. The zero-order valence-electron chi connectivity index (χ0n) is 19.4. The van der Waals surface area contributed by atoms with E-state index in [1.54, 1.807) is 31.5 Å². The van der Waals surface area contributed by atoms with E-state index in [-0.39, 0.29) is 0 Å². The monoisotopic (exact) mass is 488 g/mol. The molecule has 0 atom stereocenters. The third kappa shape index (κ3) is 6.07. The molecule has 0 radical (unpaired) electrons. The lowest BCUT2D eigenvalue weighted by molar-refractivity contribution is 0.340. The molecule has 3 aromatic carbocycles. The lowest BCUT2D eigenvalue weighted by Gasteiger charge is -2.15. The van der Waals surface area contributed by atoms with Crippen LogP contribution in [0.2, 0.25) is 0 Å². The number of benzene rings is 3. The molecule has 3 N–H and O–H groups in total. The van der Waals surface area contributed by atoms with Crippen molar-refractivity contribution in [2.75, 3.05) is 24.4 Å². The molecule has 1 aromatic heterocycles. The van der Waals surface area contributed by atoms with E-state index in [9.17, 15) is 4.21 Å². The van der Waals surface area contributed by atoms with Crippen LogP contribution in [0.3, 0.4) is 0 Å². The number of hydrogen-bond acceptors (Lipinski definition) is 9. The number of para-hydroxylation sites is 1. The Hall–Kier alpha value is -4.11. The summed E-state index contributed by atoms with van der Waals surface area (Å²) in [4.78, 5) is 9.61. The molecule has 8 nitrogen and oxygen atoms in total. The van der Waals surface area contributed by atoms with E-state index in [0.717, 1.165) is 28.2 Å². The lowest BCUT2D eigenvalue weighted by atomic mass is 10.1. The van der Waals surface area contributed by atoms with Gasteiger partial charge in [0.25, 0.3) is 0 Å². The molecule has 180 valence electrons. The van der Waals surface area contributed by atoms with E-state index in [0.29, 0.717) is 35.5 Å². The van der Waals surface area contributed by atoms with Crippen molar-refractivity contribution in [2.45, 2.75) is 18.4 Å². The van der Waals surface area contributed by atoms with Crippen LogP contribution >= 0.6 is 0 Å². The molecule has 35 heavy (non-hydrogen) atoms. The Morgan fingerprint density at radius 3 is 2.57 bits per heavy atom. The molecule has 0 fully saturated rings. The van der Waals surface area contributed by atoms with Gasteiger partial charge in [0, 0.05) is 29.6 Å². The van der Waals surface area contributed by atoms with Crippen LogP contribution in [0.5, 0.6) is 11.5 Å². The van der Waals surface area contributed by atoms with Crippen LogP contribution in [0.15, 0.2) is 83.9 Å². The van der Waals surface area contributed by atoms with Gasteiger partial charge in [-0.3, -0.25) is 0 Å². The van der Waals surface area contributed by atoms with E-state index in [4.69, 9.17) is 19.2 Å². The number of ether oxygens (including phenoxy) is 2. The molecule has 0 aliphatic rings. The van der Waals surface area contributed by atoms with Crippen LogP contribution in [0.1, 0.15) is 12.5 Å². The first-order valence-electron chi connectivity index (χ1n) is 11.0. The molecular formula is C26H26N5O3S-. The zero-order valence-corrected chi connectivity index (χ0v) is 20.3. The highest BCUT2D eigenvalue weighted by Crippen LogP contribution is 2.30. The van der Waals surface area contributed by atoms with E-state index in [1.807, 2.05) is 61.5 Å². The van der Waals surface area contributed by atoms with Crippen LogP contribution in [0.4, 0.5) is 17.5 Å². The van der Waals surface area contributed by atoms with Crippen molar-refractivity contribution in [3.8, 4) is 22.6 Å². The fraction of sp³-hybridized carbons (Fsp3) is 0.154. The molecule has 9 heteroatoms. The van der Waals surface area contributed by atoms with Crippen LogP contribution in [0, 0.1) is 4.78 Å². The number of anilines is 3. The molecule has 0 spiro atoms. The third-order valence-electron chi connectivity index (χ3n) is 5.21. The van der Waals surface area contributed by atoms with Crippen LogP contribution < -0.4 is 20.1 Å². The molecule has 0 saturated carbocycles. The van der Waals surface area contributed by atoms with Gasteiger partial charge in [0.05, 0.1) is 13.7 Å². The Bertz CT molecular complexity index is 1370. The van der Waals surface area contributed by atoms with E-state index in [2.05, 4.69) is 15.6 Å². The molecule has 4 rings (SSSR count). The number of hydrogen-bond donors (Lipinski definition) is 3. The number of rotatable bonds is 10. The Kier molecular flexibility index (Phi) is 7.79. The Labute approximate surface area is 206 Å². The summed E-state index contributed by atoms with van der Waals surface area (Å²) in [5.74, 6) is 2.59. The Balaban J connectivity index is 1.66. The van der Waals surface area contributed by atoms with E-state index >= 15 is 0 Å². The summed E-state index contributed by atoms with van der Waals surface area (Å²) in [6.07, 6.45) is 1.75.